The summed E-state index contributed by atoms with van der Waals surface area (Å²) in [5.74, 6) is 1.12. The highest BCUT2D eigenvalue weighted by Crippen LogP contribution is 2.25. The molecule has 0 atom stereocenters. The molecule has 0 amide bonds. The lowest BCUT2D eigenvalue weighted by Gasteiger charge is -2.27. The van der Waals surface area contributed by atoms with Crippen molar-refractivity contribution in [2.24, 2.45) is 16.5 Å². The minimum absolute atomic E-state index is 0.0122. The van der Waals surface area contributed by atoms with Gasteiger partial charge in [0.1, 0.15) is 0 Å². The van der Waals surface area contributed by atoms with Crippen LogP contribution in [-0.2, 0) is 4.74 Å². The zero-order valence-corrected chi connectivity index (χ0v) is 11.0. The number of benzene rings is 1. The van der Waals surface area contributed by atoms with Gasteiger partial charge in [-0.1, -0.05) is 12.1 Å². The molecule has 0 radical (unpaired) electrons. The van der Waals surface area contributed by atoms with Gasteiger partial charge in [-0.25, -0.2) is 4.98 Å². The second kappa shape index (κ2) is 5.30. The van der Waals surface area contributed by atoms with Gasteiger partial charge in [-0.3, -0.25) is 0 Å². The molecule has 7 nitrogen and oxygen atoms in total. The number of aromatic nitrogens is 2. The lowest BCUT2D eigenvalue weighted by molar-refractivity contribution is 0.122. The maximum Gasteiger partial charge on any atom is 0.228 e. The lowest BCUT2D eigenvalue weighted by Crippen LogP contribution is -2.37. The molecule has 4 N–H and O–H groups in total. The Hall–Kier alpha value is -2.41. The monoisotopic (exact) mass is 272 g/mol. The van der Waals surface area contributed by atoms with E-state index in [-0.39, 0.29) is 5.96 Å². The van der Waals surface area contributed by atoms with Gasteiger partial charge in [0.05, 0.1) is 18.7 Å². The average molecular weight is 272 g/mol. The number of nitrogens with two attached hydrogens (primary N) is 2. The second-order valence-electron chi connectivity index (χ2n) is 4.50. The van der Waals surface area contributed by atoms with E-state index in [2.05, 4.69) is 19.9 Å². The van der Waals surface area contributed by atoms with Crippen LogP contribution in [0.25, 0.3) is 10.9 Å². The van der Waals surface area contributed by atoms with Crippen LogP contribution < -0.4 is 16.4 Å². The first-order chi connectivity index (χ1) is 9.74. The van der Waals surface area contributed by atoms with Gasteiger partial charge in [0.15, 0.2) is 11.8 Å². The summed E-state index contributed by atoms with van der Waals surface area (Å²) in [5.41, 5.74) is 11.8. The Labute approximate surface area is 116 Å². The Bertz CT molecular complexity index is 646. The molecular formula is C13H16N6O. The van der Waals surface area contributed by atoms with E-state index in [0.717, 1.165) is 24.0 Å². The zero-order chi connectivity index (χ0) is 13.9. The normalized spacial score (nSPS) is 15.3. The van der Waals surface area contributed by atoms with Gasteiger partial charge in [-0.05, 0) is 12.1 Å². The van der Waals surface area contributed by atoms with Gasteiger partial charge < -0.3 is 21.1 Å². The molecule has 3 rings (SSSR count). The fourth-order valence-corrected chi connectivity index (χ4v) is 2.16. The fraction of sp³-hybridized carbons (Fsp3) is 0.308. The smallest absolute Gasteiger partial charge is 0.228 e. The standard InChI is InChI=1S/C13H16N6O/c14-12(15)17-11-9-3-1-2-4-10(9)16-13(18-11)19-5-7-20-8-6-19/h1-4H,5-8H2,(H4,14,15,16,17,18). The molecule has 1 aliphatic heterocycles. The topological polar surface area (TPSA) is 103 Å². The predicted octanol–water partition coefficient (Wildman–Crippen LogP) is 0.371. The van der Waals surface area contributed by atoms with Crippen molar-refractivity contribution in [2.75, 3.05) is 31.2 Å². The van der Waals surface area contributed by atoms with Crippen molar-refractivity contribution in [3.05, 3.63) is 24.3 Å². The van der Waals surface area contributed by atoms with E-state index in [0.29, 0.717) is 25.0 Å². The molecule has 0 saturated carbocycles. The maximum absolute atomic E-state index is 5.48. The maximum atomic E-state index is 5.48. The Morgan fingerprint density at radius 3 is 2.65 bits per heavy atom. The SMILES string of the molecule is NC(N)=Nc1nc(N2CCOCC2)nc2ccccc12. The summed E-state index contributed by atoms with van der Waals surface area (Å²) >= 11 is 0. The summed E-state index contributed by atoms with van der Waals surface area (Å²) in [4.78, 5) is 15.2. The van der Waals surface area contributed by atoms with E-state index in [4.69, 9.17) is 16.2 Å². The second-order valence-corrected chi connectivity index (χ2v) is 4.50. The molecule has 1 saturated heterocycles. The predicted molar refractivity (Wildman–Crippen MR) is 78.0 cm³/mol. The molecule has 104 valence electrons. The Morgan fingerprint density at radius 1 is 1.15 bits per heavy atom. The molecule has 0 unspecified atom stereocenters. The van der Waals surface area contributed by atoms with E-state index >= 15 is 0 Å². The molecule has 1 aliphatic rings. The van der Waals surface area contributed by atoms with Crippen molar-refractivity contribution in [2.45, 2.75) is 0 Å². The van der Waals surface area contributed by atoms with E-state index in [1.54, 1.807) is 0 Å². The summed E-state index contributed by atoms with van der Waals surface area (Å²) < 4.78 is 5.34. The summed E-state index contributed by atoms with van der Waals surface area (Å²) in [5, 5.41) is 0.831. The number of anilines is 1. The van der Waals surface area contributed by atoms with E-state index in [1.165, 1.54) is 0 Å². The van der Waals surface area contributed by atoms with Crippen molar-refractivity contribution in [1.29, 1.82) is 0 Å². The summed E-state index contributed by atoms with van der Waals surface area (Å²) in [6.07, 6.45) is 0. The lowest BCUT2D eigenvalue weighted by atomic mass is 10.2. The highest BCUT2D eigenvalue weighted by Gasteiger charge is 2.16. The van der Waals surface area contributed by atoms with E-state index in [9.17, 15) is 0 Å². The van der Waals surface area contributed by atoms with Gasteiger partial charge in [0.2, 0.25) is 5.95 Å². The van der Waals surface area contributed by atoms with Crippen molar-refractivity contribution in [3.63, 3.8) is 0 Å². The largest absolute Gasteiger partial charge is 0.378 e. The molecular weight excluding hydrogens is 256 g/mol. The van der Waals surface area contributed by atoms with Gasteiger partial charge >= 0.3 is 0 Å². The van der Waals surface area contributed by atoms with Gasteiger partial charge in [-0.2, -0.15) is 9.98 Å². The fourth-order valence-electron chi connectivity index (χ4n) is 2.16. The van der Waals surface area contributed by atoms with Crippen LogP contribution in [0.2, 0.25) is 0 Å². The molecule has 7 heteroatoms. The molecule has 1 aromatic carbocycles. The molecule has 1 fully saturated rings. The van der Waals surface area contributed by atoms with Crippen LogP contribution in [0.4, 0.5) is 11.8 Å². The van der Waals surface area contributed by atoms with Crippen molar-refractivity contribution in [3.8, 4) is 0 Å². The summed E-state index contributed by atoms with van der Waals surface area (Å²) in [6.45, 7) is 2.88. The highest BCUT2D eigenvalue weighted by molar-refractivity contribution is 5.92. The molecule has 0 aliphatic carbocycles. The zero-order valence-electron chi connectivity index (χ0n) is 11.0. The third-order valence-corrected chi connectivity index (χ3v) is 3.10. The number of para-hydroxylation sites is 1. The van der Waals surface area contributed by atoms with Crippen LogP contribution in [0.3, 0.4) is 0 Å². The minimum atomic E-state index is -0.0122. The molecule has 1 aromatic heterocycles. The Balaban J connectivity index is 2.11. The minimum Gasteiger partial charge on any atom is -0.378 e. The first-order valence-corrected chi connectivity index (χ1v) is 6.43. The third-order valence-electron chi connectivity index (χ3n) is 3.10. The number of nitrogens with zero attached hydrogens (tertiary/aromatic N) is 4. The molecule has 2 heterocycles. The number of hydrogen-bond donors (Lipinski definition) is 2. The summed E-state index contributed by atoms with van der Waals surface area (Å²) in [6, 6.07) is 7.66. The molecule has 0 spiro atoms. The number of rotatable bonds is 2. The average Bonchev–Trinajstić information content (AvgIpc) is 2.47. The van der Waals surface area contributed by atoms with Crippen LogP contribution in [0.15, 0.2) is 29.3 Å². The van der Waals surface area contributed by atoms with E-state index < -0.39 is 0 Å². The van der Waals surface area contributed by atoms with Crippen molar-refractivity contribution >= 4 is 28.6 Å². The van der Waals surface area contributed by atoms with Gasteiger partial charge in [0, 0.05) is 18.5 Å². The van der Waals surface area contributed by atoms with Crippen LogP contribution in [-0.4, -0.2) is 42.2 Å². The third kappa shape index (κ3) is 2.48. The molecule has 0 bridgehead atoms. The first-order valence-electron chi connectivity index (χ1n) is 6.43. The number of hydrogen-bond acceptors (Lipinski definition) is 5. The van der Waals surface area contributed by atoms with Crippen molar-refractivity contribution < 1.29 is 4.74 Å². The van der Waals surface area contributed by atoms with Gasteiger partial charge in [0.25, 0.3) is 0 Å². The first kappa shape index (κ1) is 12.6. The number of guanidine groups is 1. The van der Waals surface area contributed by atoms with Crippen LogP contribution in [0, 0.1) is 0 Å². The Kier molecular flexibility index (Phi) is 3.34. The number of fused-ring (bicyclic) bond motifs is 1. The highest BCUT2D eigenvalue weighted by atomic mass is 16.5. The summed E-state index contributed by atoms with van der Waals surface area (Å²) in [7, 11) is 0. The number of morpholine rings is 1. The number of aliphatic imine (C=N–C) groups is 1. The Morgan fingerprint density at radius 2 is 1.90 bits per heavy atom. The quantitative estimate of drug-likeness (QED) is 0.605. The van der Waals surface area contributed by atoms with Crippen LogP contribution in [0.5, 0.6) is 0 Å². The number of ether oxygens (including phenoxy) is 1. The molecule has 20 heavy (non-hydrogen) atoms. The van der Waals surface area contributed by atoms with Crippen LogP contribution >= 0.6 is 0 Å². The van der Waals surface area contributed by atoms with Gasteiger partial charge in [-0.15, -0.1) is 0 Å². The van der Waals surface area contributed by atoms with Crippen molar-refractivity contribution in [1.82, 2.24) is 9.97 Å². The van der Waals surface area contributed by atoms with E-state index in [1.807, 2.05) is 24.3 Å². The van der Waals surface area contributed by atoms with Crippen LogP contribution in [0.1, 0.15) is 0 Å². The molecule has 2 aromatic rings.